The predicted molar refractivity (Wildman–Crippen MR) is 249 cm³/mol. The molecular weight excluding hydrogens is 775 g/mol. The lowest BCUT2D eigenvalue weighted by atomic mass is 9.79. The summed E-state index contributed by atoms with van der Waals surface area (Å²) < 4.78 is 33.9. The highest BCUT2D eigenvalue weighted by Gasteiger charge is 2.27. The molecule has 324 valence electrons. The van der Waals surface area contributed by atoms with E-state index in [1.807, 2.05) is 86.9 Å². The number of carbonyl (C=O) groups is 2. The average molecular weight is 837 g/mol. The second-order valence-corrected chi connectivity index (χ2v) is 16.8. The monoisotopic (exact) mass is 836 g/mol. The van der Waals surface area contributed by atoms with Crippen molar-refractivity contribution in [2.75, 3.05) is 6.61 Å². The van der Waals surface area contributed by atoms with E-state index in [9.17, 15) is 18.4 Å². The molecule has 7 rings (SSSR count). The van der Waals surface area contributed by atoms with Crippen LogP contribution in [0.15, 0.2) is 122 Å². The quantitative estimate of drug-likeness (QED) is 0.0807. The minimum atomic E-state index is -0.517. The van der Waals surface area contributed by atoms with Crippen molar-refractivity contribution in [1.82, 2.24) is 9.97 Å². The maximum absolute atomic E-state index is 14.5. The van der Waals surface area contributed by atoms with Crippen molar-refractivity contribution >= 4 is 11.6 Å². The van der Waals surface area contributed by atoms with E-state index in [2.05, 4.69) is 42.9 Å². The fourth-order valence-corrected chi connectivity index (χ4v) is 7.30. The summed E-state index contributed by atoms with van der Waals surface area (Å²) >= 11 is 0. The van der Waals surface area contributed by atoms with Crippen LogP contribution in [0.1, 0.15) is 127 Å². The third kappa shape index (κ3) is 14.4. The first-order chi connectivity index (χ1) is 29.9. The predicted octanol–water partition coefficient (Wildman–Crippen LogP) is 14.7. The highest BCUT2D eigenvalue weighted by molar-refractivity contribution is 6.09. The van der Waals surface area contributed by atoms with Crippen molar-refractivity contribution < 1.29 is 23.1 Å². The van der Waals surface area contributed by atoms with Crippen molar-refractivity contribution in [3.05, 3.63) is 172 Å². The molecule has 1 aromatic heterocycles. The van der Waals surface area contributed by atoms with E-state index in [0.29, 0.717) is 28.2 Å². The molecule has 62 heavy (non-hydrogen) atoms. The highest BCUT2D eigenvalue weighted by Crippen LogP contribution is 2.32. The number of halogens is 2. The Morgan fingerprint density at radius 1 is 0.597 bits per heavy atom. The molecule has 0 bridgehead atoms. The van der Waals surface area contributed by atoms with Crippen LogP contribution >= 0.6 is 0 Å². The highest BCUT2D eigenvalue weighted by atomic mass is 19.1. The minimum absolute atomic E-state index is 0.0532. The number of aromatic nitrogens is 2. The normalized spacial score (nSPS) is 14.5. The molecule has 0 aliphatic heterocycles. The van der Waals surface area contributed by atoms with Gasteiger partial charge in [-0.15, -0.1) is 0 Å². The van der Waals surface area contributed by atoms with Gasteiger partial charge in [0, 0.05) is 35.0 Å². The first-order valence-corrected chi connectivity index (χ1v) is 22.2. The number of unbranched alkanes of at least 4 members (excludes halogenated alkanes) is 5. The number of hydrogen-bond acceptors (Lipinski definition) is 5. The van der Waals surface area contributed by atoms with E-state index < -0.39 is 5.82 Å². The van der Waals surface area contributed by atoms with Gasteiger partial charge in [-0.25, -0.2) is 18.7 Å². The van der Waals surface area contributed by atoms with Crippen LogP contribution in [0.5, 0.6) is 5.75 Å². The van der Waals surface area contributed by atoms with Crippen molar-refractivity contribution in [2.24, 2.45) is 11.8 Å². The van der Waals surface area contributed by atoms with Crippen molar-refractivity contribution in [3.63, 3.8) is 0 Å². The molecule has 1 aliphatic rings. The number of aryl methyl sites for hydroxylation is 4. The molecule has 0 saturated heterocycles. The van der Waals surface area contributed by atoms with Gasteiger partial charge in [-0.2, -0.15) is 0 Å². The Kier molecular flexibility index (Phi) is 18.3. The number of rotatable bonds is 14. The van der Waals surface area contributed by atoms with Gasteiger partial charge in [-0.1, -0.05) is 137 Å². The maximum Gasteiger partial charge on any atom is 0.193 e. The summed E-state index contributed by atoms with van der Waals surface area (Å²) in [7, 11) is 0. The number of nitrogens with zero attached hydrogens (tertiary/aromatic N) is 2. The maximum atomic E-state index is 14.5. The van der Waals surface area contributed by atoms with Crippen LogP contribution in [0.25, 0.3) is 22.5 Å². The lowest BCUT2D eigenvalue weighted by molar-refractivity contribution is 0.0871. The molecular formula is C55H62F2N2O3. The Morgan fingerprint density at radius 3 is 1.69 bits per heavy atom. The Hall–Kier alpha value is -5.82. The van der Waals surface area contributed by atoms with Crippen LogP contribution < -0.4 is 4.74 Å². The number of ketones is 2. The van der Waals surface area contributed by atoms with Gasteiger partial charge in [0.15, 0.2) is 17.4 Å². The summed E-state index contributed by atoms with van der Waals surface area (Å²) in [6.45, 7) is 12.9. The molecule has 5 nitrogen and oxygen atoms in total. The fourth-order valence-electron chi connectivity index (χ4n) is 7.30. The summed E-state index contributed by atoms with van der Waals surface area (Å²) in [6.07, 6.45) is 14.9. The van der Waals surface area contributed by atoms with Crippen molar-refractivity contribution in [3.8, 4) is 28.3 Å². The van der Waals surface area contributed by atoms with Crippen molar-refractivity contribution in [1.29, 1.82) is 0 Å². The van der Waals surface area contributed by atoms with Gasteiger partial charge in [0.1, 0.15) is 17.4 Å². The summed E-state index contributed by atoms with van der Waals surface area (Å²) in [4.78, 5) is 33.5. The molecule has 0 N–H and O–H groups in total. The number of Topliss-reactive ketones (excluding diaryl/α,β-unsaturated/α-hetero) is 1. The van der Waals surface area contributed by atoms with E-state index in [1.54, 1.807) is 31.2 Å². The Morgan fingerprint density at radius 2 is 1.11 bits per heavy atom. The Labute approximate surface area is 368 Å². The smallest absolute Gasteiger partial charge is 0.193 e. The van der Waals surface area contributed by atoms with Crippen LogP contribution in [-0.4, -0.2) is 28.1 Å². The Bertz CT molecular complexity index is 2270. The third-order valence-electron chi connectivity index (χ3n) is 11.4. The zero-order valence-corrected chi connectivity index (χ0v) is 37.4. The zero-order chi connectivity index (χ0) is 44.4. The van der Waals surface area contributed by atoms with E-state index in [-0.39, 0.29) is 28.9 Å². The molecule has 7 heteroatoms. The lowest BCUT2D eigenvalue weighted by Gasteiger charge is -2.25. The molecule has 0 amide bonds. The summed E-state index contributed by atoms with van der Waals surface area (Å²) in [6, 6.07) is 32.8. The number of hydrogen-bond donors (Lipinski definition) is 0. The molecule has 0 unspecified atom stereocenters. The SMILES string of the molecule is CCCCCCCCOc1ccc(C(=O)c2ccc(C)cc2)cc1.Cc1ccc(-c2ccc(C(=O)C3CCC(C)CC3)c(F)c2)cc1F.Cc1ccc(-c2ncc(C)cn2)cc1. The van der Waals surface area contributed by atoms with Gasteiger partial charge in [-0.3, -0.25) is 9.59 Å². The third-order valence-corrected chi connectivity index (χ3v) is 11.4. The fraction of sp³-hybridized carbons (Fsp3) is 0.345. The van der Waals surface area contributed by atoms with Crippen molar-refractivity contribution in [2.45, 2.75) is 106 Å². The number of carbonyl (C=O) groups excluding carboxylic acids is 2. The van der Waals surface area contributed by atoms with Crippen LogP contribution in [0.3, 0.4) is 0 Å². The van der Waals surface area contributed by atoms with Gasteiger partial charge < -0.3 is 4.74 Å². The first-order valence-electron chi connectivity index (χ1n) is 22.2. The molecule has 1 fully saturated rings. The summed E-state index contributed by atoms with van der Waals surface area (Å²) in [5.74, 6) is 1.33. The number of ether oxygens (including phenoxy) is 1. The van der Waals surface area contributed by atoms with Gasteiger partial charge in [0.05, 0.1) is 12.2 Å². The molecule has 0 atom stereocenters. The molecule has 5 aromatic carbocycles. The van der Waals surface area contributed by atoms with Crippen LogP contribution in [0.4, 0.5) is 8.78 Å². The topological polar surface area (TPSA) is 69.2 Å². The van der Waals surface area contributed by atoms with Crippen LogP contribution in [-0.2, 0) is 0 Å². The van der Waals surface area contributed by atoms with Gasteiger partial charge in [-0.05, 0) is 118 Å². The summed E-state index contributed by atoms with van der Waals surface area (Å²) in [5, 5.41) is 0. The van der Waals surface area contributed by atoms with Gasteiger partial charge in [0.2, 0.25) is 0 Å². The molecule has 1 aliphatic carbocycles. The standard InChI is InChI=1S/C22H28O2.C21H22F2O.C12H12N2/c1-3-4-5-6-7-8-17-24-21-15-13-20(14-16-21)22(23)19-11-9-18(2)10-12-19;1-13-3-6-15(7-4-13)21(24)18-10-9-17(12-20(18)23)16-8-5-14(2)19(22)11-16;1-9-3-5-11(6-4-9)12-13-7-10(2)8-14-12/h9-16H,3-8,17H2,1-2H3;5,8-13,15H,3-4,6-7H2,1-2H3;3-8H,1-2H3. The van der Waals surface area contributed by atoms with E-state index in [1.165, 1.54) is 49.8 Å². The summed E-state index contributed by atoms with van der Waals surface area (Å²) in [5.41, 5.74) is 7.89. The van der Waals surface area contributed by atoms with Crippen LogP contribution in [0.2, 0.25) is 0 Å². The average Bonchev–Trinajstić information content (AvgIpc) is 3.28. The van der Waals surface area contributed by atoms with Crippen LogP contribution in [0, 0.1) is 51.2 Å². The largest absolute Gasteiger partial charge is 0.494 e. The molecule has 6 aromatic rings. The first kappa shape index (κ1) is 47.2. The molecule has 0 radical (unpaired) electrons. The molecule has 1 heterocycles. The second kappa shape index (κ2) is 24.0. The zero-order valence-electron chi connectivity index (χ0n) is 37.4. The lowest BCUT2D eigenvalue weighted by Crippen LogP contribution is -2.21. The molecule has 1 saturated carbocycles. The van der Waals surface area contributed by atoms with E-state index >= 15 is 0 Å². The number of benzene rings is 5. The Balaban J connectivity index is 0.000000182. The van der Waals surface area contributed by atoms with Gasteiger partial charge >= 0.3 is 0 Å². The second-order valence-electron chi connectivity index (χ2n) is 16.8. The minimum Gasteiger partial charge on any atom is -0.494 e. The van der Waals surface area contributed by atoms with E-state index in [0.717, 1.165) is 72.5 Å². The van der Waals surface area contributed by atoms with E-state index in [4.69, 9.17) is 4.74 Å². The molecule has 0 spiro atoms. The van der Waals surface area contributed by atoms with Gasteiger partial charge in [0.25, 0.3) is 0 Å².